The topological polar surface area (TPSA) is 38.3 Å². The second-order valence-electron chi connectivity index (χ2n) is 9.54. The van der Waals surface area contributed by atoms with Crippen molar-refractivity contribution in [2.75, 3.05) is 6.54 Å². The lowest BCUT2D eigenvalue weighted by Crippen LogP contribution is -2.28. The summed E-state index contributed by atoms with van der Waals surface area (Å²) in [7, 11) is 0. The van der Waals surface area contributed by atoms with E-state index in [1.54, 1.807) is 0 Å². The highest BCUT2D eigenvalue weighted by Crippen LogP contribution is 2.40. The van der Waals surface area contributed by atoms with Gasteiger partial charge in [0.1, 0.15) is 11.9 Å². The quantitative estimate of drug-likeness (QED) is 0.237. The van der Waals surface area contributed by atoms with Gasteiger partial charge in [0.2, 0.25) is 0 Å². The fourth-order valence-corrected chi connectivity index (χ4v) is 5.15. The average molecular weight is 450 g/mol. The van der Waals surface area contributed by atoms with Crippen molar-refractivity contribution in [3.63, 3.8) is 0 Å². The summed E-state index contributed by atoms with van der Waals surface area (Å²) < 4.78 is 6.66. The maximum Gasteiger partial charge on any atom is 0.163 e. The predicted molar refractivity (Wildman–Crippen MR) is 138 cm³/mol. The zero-order chi connectivity index (χ0) is 23.5. The van der Waals surface area contributed by atoms with Gasteiger partial charge in [0.05, 0.1) is 0 Å². The first-order valence-corrected chi connectivity index (χ1v) is 13.3. The minimum absolute atomic E-state index is 0.0617. The van der Waals surface area contributed by atoms with Crippen molar-refractivity contribution in [3.8, 4) is 5.75 Å². The summed E-state index contributed by atoms with van der Waals surface area (Å²) in [5.41, 5.74) is 3.51. The molecule has 0 bridgehead atoms. The molecule has 3 atom stereocenters. The molecule has 2 aromatic carbocycles. The summed E-state index contributed by atoms with van der Waals surface area (Å²) in [5, 5.41) is 3.60. The average Bonchev–Trinajstić information content (AvgIpc) is 2.85. The molecule has 33 heavy (non-hydrogen) atoms. The number of fused-ring (bicyclic) bond motifs is 1. The van der Waals surface area contributed by atoms with Gasteiger partial charge in [-0.2, -0.15) is 0 Å². The summed E-state index contributed by atoms with van der Waals surface area (Å²) >= 11 is 0. The van der Waals surface area contributed by atoms with Crippen molar-refractivity contribution in [1.82, 2.24) is 5.32 Å². The van der Waals surface area contributed by atoms with E-state index in [1.807, 2.05) is 24.3 Å². The maximum absolute atomic E-state index is 12.6. The maximum atomic E-state index is 12.6. The van der Waals surface area contributed by atoms with Crippen molar-refractivity contribution in [3.05, 3.63) is 65.2 Å². The number of Topliss-reactive ketones (excluding diaryl/α,β-unsaturated/α-hetero) is 1. The molecule has 0 aromatic heterocycles. The summed E-state index contributed by atoms with van der Waals surface area (Å²) in [5.74, 6) is 1.55. The Kier molecular flexibility index (Phi) is 10.5. The first-order valence-electron chi connectivity index (χ1n) is 13.3. The van der Waals surface area contributed by atoms with E-state index >= 15 is 0 Å². The number of aryl methyl sites for hydroxylation is 1. The number of nitrogens with one attached hydrogen (secondary N) is 1. The molecule has 180 valence electrons. The van der Waals surface area contributed by atoms with Gasteiger partial charge in [-0.3, -0.25) is 4.79 Å². The minimum Gasteiger partial charge on any atom is -0.485 e. The number of hydrogen-bond acceptors (Lipinski definition) is 3. The van der Waals surface area contributed by atoms with Crippen LogP contribution in [0.3, 0.4) is 0 Å². The van der Waals surface area contributed by atoms with Gasteiger partial charge < -0.3 is 10.1 Å². The standard InChI is InChI=1S/C30H43NO2/c1-4-7-19-29(32)25-15-12-17-27(22-25)33-30-24(14-8-10-16-26(5-2)31-6-3)21-20-23-13-9-11-18-28(23)30/h9,11-13,15,17-18,22,24,26,30-31H,4-8,10,14,16,19-21H2,1-3H3. The molecule has 1 N–H and O–H groups in total. The minimum atomic E-state index is 0.0617. The van der Waals surface area contributed by atoms with Gasteiger partial charge in [0.15, 0.2) is 5.78 Å². The number of ketones is 1. The van der Waals surface area contributed by atoms with Crippen LogP contribution in [0.15, 0.2) is 48.5 Å². The molecule has 1 aliphatic rings. The molecular formula is C30H43NO2. The summed E-state index contributed by atoms with van der Waals surface area (Å²) in [4.78, 5) is 12.6. The first-order chi connectivity index (χ1) is 16.2. The van der Waals surface area contributed by atoms with E-state index in [1.165, 1.54) is 49.7 Å². The predicted octanol–water partition coefficient (Wildman–Crippen LogP) is 7.69. The fourth-order valence-electron chi connectivity index (χ4n) is 5.15. The smallest absolute Gasteiger partial charge is 0.163 e. The van der Waals surface area contributed by atoms with Crippen LogP contribution in [0.4, 0.5) is 0 Å². The Labute approximate surface area is 201 Å². The Bertz CT molecular complexity index is 862. The largest absolute Gasteiger partial charge is 0.485 e. The SMILES string of the molecule is CCCCC(=O)c1cccc(OC2c3ccccc3CCC2CCCCC(CC)NCC)c1. The molecular weight excluding hydrogens is 406 g/mol. The Morgan fingerprint density at radius 1 is 1.06 bits per heavy atom. The Morgan fingerprint density at radius 2 is 1.91 bits per heavy atom. The van der Waals surface area contributed by atoms with E-state index in [0.29, 0.717) is 18.4 Å². The molecule has 0 saturated carbocycles. The van der Waals surface area contributed by atoms with Crippen molar-refractivity contribution < 1.29 is 9.53 Å². The number of carbonyl (C=O) groups is 1. The molecule has 1 aliphatic carbocycles. The molecule has 3 nitrogen and oxygen atoms in total. The van der Waals surface area contributed by atoms with Gasteiger partial charge in [-0.25, -0.2) is 0 Å². The molecule has 2 aromatic rings. The molecule has 0 heterocycles. The van der Waals surface area contributed by atoms with Crippen LogP contribution in [0, 0.1) is 5.92 Å². The second-order valence-corrected chi connectivity index (χ2v) is 9.54. The normalized spacial score (nSPS) is 18.5. The van der Waals surface area contributed by atoms with E-state index in [2.05, 4.69) is 50.4 Å². The lowest BCUT2D eigenvalue weighted by atomic mass is 9.78. The highest BCUT2D eigenvalue weighted by molar-refractivity contribution is 5.96. The van der Waals surface area contributed by atoms with Crippen LogP contribution in [0.25, 0.3) is 0 Å². The lowest BCUT2D eigenvalue weighted by molar-refractivity contribution is 0.0974. The molecule has 3 rings (SSSR count). The van der Waals surface area contributed by atoms with Crippen LogP contribution < -0.4 is 10.1 Å². The number of carbonyl (C=O) groups excluding carboxylic acids is 1. The van der Waals surface area contributed by atoms with Crippen LogP contribution in [0.2, 0.25) is 0 Å². The monoisotopic (exact) mass is 449 g/mol. The van der Waals surface area contributed by atoms with Crippen LogP contribution in [-0.2, 0) is 6.42 Å². The molecule has 0 saturated heterocycles. The summed E-state index contributed by atoms with van der Waals surface area (Å²) in [6.45, 7) is 7.64. The van der Waals surface area contributed by atoms with Crippen molar-refractivity contribution in [1.29, 1.82) is 0 Å². The fraction of sp³-hybridized carbons (Fsp3) is 0.567. The Balaban J connectivity index is 1.69. The molecule has 0 fully saturated rings. The van der Waals surface area contributed by atoms with Crippen LogP contribution >= 0.6 is 0 Å². The molecule has 3 unspecified atom stereocenters. The van der Waals surface area contributed by atoms with Crippen molar-refractivity contribution in [2.45, 2.75) is 97.1 Å². The van der Waals surface area contributed by atoms with Gasteiger partial charge in [0, 0.05) is 23.9 Å². The number of benzene rings is 2. The molecule has 0 spiro atoms. The van der Waals surface area contributed by atoms with Gasteiger partial charge in [-0.05, 0) is 68.3 Å². The van der Waals surface area contributed by atoms with Crippen molar-refractivity contribution in [2.24, 2.45) is 5.92 Å². The first kappa shape index (κ1) is 25.5. The van der Waals surface area contributed by atoms with Gasteiger partial charge >= 0.3 is 0 Å². The van der Waals surface area contributed by atoms with E-state index in [-0.39, 0.29) is 11.9 Å². The van der Waals surface area contributed by atoms with Gasteiger partial charge in [-0.1, -0.05) is 76.4 Å². The van der Waals surface area contributed by atoms with Gasteiger partial charge in [0.25, 0.3) is 0 Å². The third kappa shape index (κ3) is 7.43. The number of rotatable bonds is 14. The highest BCUT2D eigenvalue weighted by Gasteiger charge is 2.31. The van der Waals surface area contributed by atoms with E-state index in [9.17, 15) is 4.79 Å². The van der Waals surface area contributed by atoms with Crippen LogP contribution in [0.1, 0.15) is 106 Å². The number of hydrogen-bond donors (Lipinski definition) is 1. The van der Waals surface area contributed by atoms with E-state index < -0.39 is 0 Å². The zero-order valence-corrected chi connectivity index (χ0v) is 20.9. The Hall–Kier alpha value is -2.13. The van der Waals surface area contributed by atoms with Gasteiger partial charge in [-0.15, -0.1) is 0 Å². The number of ether oxygens (including phenoxy) is 1. The van der Waals surface area contributed by atoms with E-state index in [0.717, 1.165) is 37.1 Å². The van der Waals surface area contributed by atoms with E-state index in [4.69, 9.17) is 4.74 Å². The highest BCUT2D eigenvalue weighted by atomic mass is 16.5. The molecule has 0 radical (unpaired) electrons. The zero-order valence-electron chi connectivity index (χ0n) is 20.9. The van der Waals surface area contributed by atoms with Crippen molar-refractivity contribution >= 4 is 5.78 Å². The lowest BCUT2D eigenvalue weighted by Gasteiger charge is -2.34. The third-order valence-electron chi connectivity index (χ3n) is 7.11. The number of unbranched alkanes of at least 4 members (excludes halogenated alkanes) is 2. The second kappa shape index (κ2) is 13.5. The van der Waals surface area contributed by atoms with Crippen LogP contribution in [-0.4, -0.2) is 18.4 Å². The Morgan fingerprint density at radius 3 is 2.70 bits per heavy atom. The molecule has 3 heteroatoms. The third-order valence-corrected chi connectivity index (χ3v) is 7.11. The molecule has 0 amide bonds. The summed E-state index contributed by atoms with van der Waals surface area (Å²) in [6.07, 6.45) is 11.1. The summed E-state index contributed by atoms with van der Waals surface area (Å²) in [6, 6.07) is 17.2. The molecule has 0 aliphatic heterocycles. The van der Waals surface area contributed by atoms with Crippen LogP contribution in [0.5, 0.6) is 5.75 Å².